The van der Waals surface area contributed by atoms with Crippen molar-refractivity contribution in [1.29, 1.82) is 0 Å². The van der Waals surface area contributed by atoms with E-state index in [1.807, 2.05) is 6.07 Å². The molecule has 5 rings (SSSR count). The van der Waals surface area contributed by atoms with Gasteiger partial charge in [-0.25, -0.2) is 13.2 Å². The first-order valence-corrected chi connectivity index (χ1v) is 9.11. The smallest absolute Gasteiger partial charge is 0.248 e. The molecule has 1 saturated heterocycles. The standard InChI is InChI=1S/C18H19F3N6/c19-14-2-1-3-15-16(14)17(12-6-22-7-12)24-27(15)10-13-9-26(25-23-13)8-11-4-18(20,21)5-11/h1-3,9,11-12,22H,4-8,10H2. The van der Waals surface area contributed by atoms with Gasteiger partial charge in [0.2, 0.25) is 5.92 Å². The number of rotatable bonds is 5. The molecule has 27 heavy (non-hydrogen) atoms. The van der Waals surface area contributed by atoms with Crippen LogP contribution in [-0.4, -0.2) is 43.8 Å². The summed E-state index contributed by atoms with van der Waals surface area (Å²) < 4.78 is 43.7. The van der Waals surface area contributed by atoms with Crippen molar-refractivity contribution in [2.75, 3.05) is 13.1 Å². The third kappa shape index (κ3) is 2.99. The normalized spacial score (nSPS) is 20.0. The van der Waals surface area contributed by atoms with Gasteiger partial charge in [-0.2, -0.15) is 5.10 Å². The van der Waals surface area contributed by atoms with E-state index >= 15 is 0 Å². The Bertz CT molecular complexity index is 982. The SMILES string of the molecule is Fc1cccc2c1c(C1CNC1)nn2Cc1cn(CC2CC(F)(F)C2)nn1. The molecule has 1 N–H and O–H groups in total. The number of halogens is 3. The number of hydrogen-bond acceptors (Lipinski definition) is 4. The third-order valence-electron chi connectivity index (χ3n) is 5.44. The fraction of sp³-hybridized carbons (Fsp3) is 0.500. The van der Waals surface area contributed by atoms with E-state index in [9.17, 15) is 13.2 Å². The highest BCUT2D eigenvalue weighted by Crippen LogP contribution is 2.43. The molecule has 1 aliphatic carbocycles. The maximum atomic E-state index is 14.4. The van der Waals surface area contributed by atoms with Crippen LogP contribution >= 0.6 is 0 Å². The molecule has 142 valence electrons. The summed E-state index contributed by atoms with van der Waals surface area (Å²) in [6, 6.07) is 4.97. The van der Waals surface area contributed by atoms with Crippen molar-refractivity contribution in [3.8, 4) is 0 Å². The first-order chi connectivity index (χ1) is 13.0. The third-order valence-corrected chi connectivity index (χ3v) is 5.44. The number of fused-ring (bicyclic) bond motifs is 1. The Morgan fingerprint density at radius 3 is 2.74 bits per heavy atom. The number of nitrogens with one attached hydrogen (secondary N) is 1. The zero-order valence-corrected chi connectivity index (χ0v) is 14.6. The van der Waals surface area contributed by atoms with Gasteiger partial charge in [-0.15, -0.1) is 5.10 Å². The summed E-state index contributed by atoms with van der Waals surface area (Å²) in [5.41, 5.74) is 2.17. The first-order valence-electron chi connectivity index (χ1n) is 9.11. The van der Waals surface area contributed by atoms with E-state index in [0.717, 1.165) is 24.3 Å². The van der Waals surface area contributed by atoms with Gasteiger partial charge in [0.15, 0.2) is 0 Å². The van der Waals surface area contributed by atoms with Crippen molar-refractivity contribution in [2.45, 2.75) is 37.8 Å². The highest BCUT2D eigenvalue weighted by Gasteiger charge is 2.45. The van der Waals surface area contributed by atoms with Crippen molar-refractivity contribution in [2.24, 2.45) is 5.92 Å². The molecule has 3 heterocycles. The highest BCUT2D eigenvalue weighted by atomic mass is 19.3. The number of aromatic nitrogens is 5. The van der Waals surface area contributed by atoms with Crippen LogP contribution in [0.1, 0.15) is 30.1 Å². The van der Waals surface area contributed by atoms with Crippen LogP contribution in [0.15, 0.2) is 24.4 Å². The second-order valence-corrected chi connectivity index (χ2v) is 7.59. The summed E-state index contributed by atoms with van der Waals surface area (Å²) >= 11 is 0. The van der Waals surface area contributed by atoms with E-state index in [1.165, 1.54) is 6.07 Å². The highest BCUT2D eigenvalue weighted by molar-refractivity contribution is 5.83. The molecule has 0 atom stereocenters. The van der Waals surface area contributed by atoms with Crippen LogP contribution in [0.2, 0.25) is 0 Å². The molecular formula is C18H19F3N6. The molecule has 6 nitrogen and oxygen atoms in total. The number of nitrogens with zero attached hydrogens (tertiary/aromatic N) is 5. The van der Waals surface area contributed by atoms with Gasteiger partial charge in [-0.05, 0) is 18.1 Å². The van der Waals surface area contributed by atoms with Crippen LogP contribution in [0.25, 0.3) is 10.9 Å². The Morgan fingerprint density at radius 2 is 2.04 bits per heavy atom. The van der Waals surface area contributed by atoms with Crippen molar-refractivity contribution in [3.63, 3.8) is 0 Å². The lowest BCUT2D eigenvalue weighted by Gasteiger charge is -2.34. The molecule has 0 unspecified atom stereocenters. The van der Waals surface area contributed by atoms with Crippen LogP contribution in [0.4, 0.5) is 13.2 Å². The summed E-state index contributed by atoms with van der Waals surface area (Å²) in [6.45, 7) is 2.39. The Kier molecular flexibility index (Phi) is 3.75. The molecule has 9 heteroatoms. The molecule has 1 saturated carbocycles. The van der Waals surface area contributed by atoms with Gasteiger partial charge >= 0.3 is 0 Å². The molecule has 0 amide bonds. The minimum atomic E-state index is -2.53. The summed E-state index contributed by atoms with van der Waals surface area (Å²) in [5.74, 6) is -2.65. The maximum absolute atomic E-state index is 14.4. The summed E-state index contributed by atoms with van der Waals surface area (Å²) in [7, 11) is 0. The Labute approximate surface area is 153 Å². The predicted octanol–water partition coefficient (Wildman–Crippen LogP) is 2.55. The van der Waals surface area contributed by atoms with E-state index in [2.05, 4.69) is 20.7 Å². The van der Waals surface area contributed by atoms with Crippen molar-refractivity contribution >= 4 is 10.9 Å². The van der Waals surface area contributed by atoms with Gasteiger partial charge < -0.3 is 5.32 Å². The predicted molar refractivity (Wildman–Crippen MR) is 92.1 cm³/mol. The molecule has 1 aliphatic heterocycles. The molecule has 1 aromatic carbocycles. The lowest BCUT2D eigenvalue weighted by Crippen LogP contribution is -2.40. The first kappa shape index (κ1) is 16.7. The largest absolute Gasteiger partial charge is 0.315 e. The fourth-order valence-electron chi connectivity index (χ4n) is 3.94. The number of alkyl halides is 2. The van der Waals surface area contributed by atoms with E-state index < -0.39 is 5.92 Å². The van der Waals surface area contributed by atoms with Gasteiger partial charge in [0.05, 0.1) is 29.3 Å². The Hall–Kier alpha value is -2.42. The summed E-state index contributed by atoms with van der Waals surface area (Å²) in [5, 5.41) is 16.6. The molecular weight excluding hydrogens is 357 g/mol. The average Bonchev–Trinajstić information content (AvgIpc) is 3.11. The second-order valence-electron chi connectivity index (χ2n) is 7.59. The molecule has 0 bridgehead atoms. The van der Waals surface area contributed by atoms with Crippen LogP contribution < -0.4 is 5.32 Å². The van der Waals surface area contributed by atoms with Gasteiger partial charge in [-0.3, -0.25) is 9.36 Å². The topological polar surface area (TPSA) is 60.6 Å². The molecule has 2 aliphatic rings. The zero-order chi connectivity index (χ0) is 18.6. The summed E-state index contributed by atoms with van der Waals surface area (Å²) in [4.78, 5) is 0. The molecule has 2 fully saturated rings. The van der Waals surface area contributed by atoms with Gasteiger partial charge in [-0.1, -0.05) is 11.3 Å². The van der Waals surface area contributed by atoms with Crippen LogP contribution in [-0.2, 0) is 13.1 Å². The fourth-order valence-corrected chi connectivity index (χ4v) is 3.94. The van der Waals surface area contributed by atoms with Gasteiger partial charge in [0.1, 0.15) is 11.5 Å². The van der Waals surface area contributed by atoms with Crippen LogP contribution in [0.5, 0.6) is 0 Å². The minimum Gasteiger partial charge on any atom is -0.315 e. The summed E-state index contributed by atoms with van der Waals surface area (Å²) in [6.07, 6.45) is 1.57. The molecule has 2 aromatic heterocycles. The van der Waals surface area contributed by atoms with Gasteiger partial charge in [0, 0.05) is 38.4 Å². The number of benzene rings is 1. The van der Waals surface area contributed by atoms with Crippen LogP contribution in [0.3, 0.4) is 0 Å². The molecule has 0 radical (unpaired) electrons. The van der Waals surface area contributed by atoms with Crippen molar-refractivity contribution in [3.05, 3.63) is 41.6 Å². The Balaban J connectivity index is 1.38. The monoisotopic (exact) mass is 376 g/mol. The van der Waals surface area contributed by atoms with E-state index in [0.29, 0.717) is 24.2 Å². The molecule has 0 spiro atoms. The van der Waals surface area contributed by atoms with Gasteiger partial charge in [0.25, 0.3) is 0 Å². The second kappa shape index (κ2) is 6.05. The zero-order valence-electron chi connectivity index (χ0n) is 14.6. The lowest BCUT2D eigenvalue weighted by atomic mass is 9.81. The minimum absolute atomic E-state index is 0.0631. The van der Waals surface area contributed by atoms with E-state index in [-0.39, 0.29) is 30.5 Å². The lowest BCUT2D eigenvalue weighted by molar-refractivity contribution is -0.114. The quantitative estimate of drug-likeness (QED) is 0.744. The van der Waals surface area contributed by atoms with Crippen LogP contribution in [0, 0.1) is 11.7 Å². The van der Waals surface area contributed by atoms with E-state index in [1.54, 1.807) is 21.6 Å². The van der Waals surface area contributed by atoms with E-state index in [4.69, 9.17) is 0 Å². The molecule has 3 aromatic rings. The average molecular weight is 376 g/mol. The van der Waals surface area contributed by atoms with Crippen molar-refractivity contribution < 1.29 is 13.2 Å². The number of hydrogen-bond donors (Lipinski definition) is 1. The van der Waals surface area contributed by atoms with Crippen molar-refractivity contribution in [1.82, 2.24) is 30.1 Å². The maximum Gasteiger partial charge on any atom is 0.248 e. The Morgan fingerprint density at radius 1 is 1.22 bits per heavy atom.